The van der Waals surface area contributed by atoms with Crippen LogP contribution in [0.2, 0.25) is 0 Å². The van der Waals surface area contributed by atoms with Crippen LogP contribution in [0.4, 0.5) is 5.69 Å². The van der Waals surface area contributed by atoms with Crippen molar-refractivity contribution in [2.45, 2.75) is 26.3 Å². The molecule has 1 aromatic carbocycles. The minimum absolute atomic E-state index is 0.157. The van der Waals surface area contributed by atoms with Crippen LogP contribution in [0.1, 0.15) is 41.5 Å². The lowest BCUT2D eigenvalue weighted by Crippen LogP contribution is -2.09. The van der Waals surface area contributed by atoms with Crippen molar-refractivity contribution in [2.24, 2.45) is 0 Å². The first-order chi connectivity index (χ1) is 10.5. The van der Waals surface area contributed by atoms with E-state index in [1.54, 1.807) is 0 Å². The lowest BCUT2D eigenvalue weighted by atomic mass is 10.1. The van der Waals surface area contributed by atoms with Crippen molar-refractivity contribution >= 4 is 11.7 Å². The number of nitrogens with zero attached hydrogens (tertiary/aromatic N) is 3. The van der Waals surface area contributed by atoms with Gasteiger partial charge in [-0.15, -0.1) is 0 Å². The third-order valence-electron chi connectivity index (χ3n) is 3.25. The highest BCUT2D eigenvalue weighted by atomic mass is 16.6. The molecule has 0 aliphatic carbocycles. The number of hydrogen-bond donors (Lipinski definition) is 0. The second-order valence-corrected chi connectivity index (χ2v) is 5.13. The predicted octanol–water partition coefficient (Wildman–Crippen LogP) is 2.75. The lowest BCUT2D eigenvalue weighted by Gasteiger charge is -2.09. The molecule has 0 aliphatic heterocycles. The summed E-state index contributed by atoms with van der Waals surface area (Å²) in [5.41, 5.74) is 0.817. The molecular formula is C15H17N3O4. The van der Waals surface area contributed by atoms with Crippen LogP contribution in [-0.4, -0.2) is 27.8 Å². The Bertz CT molecular complexity index is 692. The molecule has 0 atom stereocenters. The maximum absolute atomic E-state index is 11.8. The highest BCUT2D eigenvalue weighted by molar-refractivity contribution is 5.92. The van der Waals surface area contributed by atoms with E-state index in [0.29, 0.717) is 12.2 Å². The zero-order chi connectivity index (χ0) is 16.3. The van der Waals surface area contributed by atoms with E-state index < -0.39 is 10.9 Å². The van der Waals surface area contributed by atoms with Crippen molar-refractivity contribution in [3.8, 4) is 0 Å². The van der Waals surface area contributed by atoms with Crippen molar-refractivity contribution in [1.29, 1.82) is 0 Å². The summed E-state index contributed by atoms with van der Waals surface area (Å²) in [6, 6.07) is 9.44. The van der Waals surface area contributed by atoms with Crippen molar-refractivity contribution in [3.63, 3.8) is 0 Å². The maximum atomic E-state index is 11.8. The number of hydrogen-bond acceptors (Lipinski definition) is 5. The van der Waals surface area contributed by atoms with Crippen LogP contribution in [0.5, 0.6) is 0 Å². The number of aromatic nitrogens is 2. The molecule has 7 heteroatoms. The third kappa shape index (κ3) is 2.98. The number of carbonyl (C=O) groups excluding carboxylic acids is 1. The molecule has 2 rings (SSSR count). The van der Waals surface area contributed by atoms with Crippen molar-refractivity contribution in [2.75, 3.05) is 7.11 Å². The van der Waals surface area contributed by atoms with Gasteiger partial charge in [-0.3, -0.25) is 14.8 Å². The number of ether oxygens (including phenoxy) is 1. The van der Waals surface area contributed by atoms with Gasteiger partial charge in [0.2, 0.25) is 5.69 Å². The van der Waals surface area contributed by atoms with E-state index in [4.69, 9.17) is 0 Å². The molecule has 2 aromatic rings. The molecule has 22 heavy (non-hydrogen) atoms. The number of benzene rings is 1. The van der Waals surface area contributed by atoms with E-state index >= 15 is 0 Å². The number of methoxy groups -OCH3 is 1. The molecule has 1 heterocycles. The first kappa shape index (κ1) is 15.7. The normalized spacial score (nSPS) is 10.7. The Balaban J connectivity index is 2.58. The maximum Gasteiger partial charge on any atom is 0.365 e. The number of esters is 1. The molecule has 0 amide bonds. The summed E-state index contributed by atoms with van der Waals surface area (Å²) in [6.07, 6.45) is 0. The molecule has 0 saturated heterocycles. The molecule has 0 spiro atoms. The van der Waals surface area contributed by atoms with Gasteiger partial charge in [0.1, 0.15) is 5.69 Å². The molecule has 0 fully saturated rings. The summed E-state index contributed by atoms with van der Waals surface area (Å²) in [5, 5.41) is 15.5. The van der Waals surface area contributed by atoms with Gasteiger partial charge in [0.25, 0.3) is 0 Å². The van der Waals surface area contributed by atoms with Gasteiger partial charge in [-0.05, 0) is 5.56 Å². The molecule has 0 N–H and O–H groups in total. The van der Waals surface area contributed by atoms with E-state index in [2.05, 4.69) is 9.84 Å². The van der Waals surface area contributed by atoms with Crippen LogP contribution in [0.15, 0.2) is 30.3 Å². The summed E-state index contributed by atoms with van der Waals surface area (Å²) >= 11 is 0. The topological polar surface area (TPSA) is 87.3 Å². The van der Waals surface area contributed by atoms with Gasteiger partial charge < -0.3 is 4.74 Å². The van der Waals surface area contributed by atoms with E-state index in [1.807, 2.05) is 44.2 Å². The van der Waals surface area contributed by atoms with Crippen LogP contribution in [0, 0.1) is 10.1 Å². The second kappa shape index (κ2) is 6.38. The fraction of sp³-hybridized carbons (Fsp3) is 0.333. The smallest absolute Gasteiger partial charge is 0.365 e. The Morgan fingerprint density at radius 2 is 2.00 bits per heavy atom. The lowest BCUT2D eigenvalue weighted by molar-refractivity contribution is -0.386. The molecule has 0 radical (unpaired) electrons. The minimum atomic E-state index is -0.805. The number of carbonyl (C=O) groups is 1. The highest BCUT2D eigenvalue weighted by Crippen LogP contribution is 2.31. The van der Waals surface area contributed by atoms with Gasteiger partial charge in [0.05, 0.1) is 18.6 Å². The van der Waals surface area contributed by atoms with Crippen molar-refractivity contribution in [3.05, 3.63) is 57.4 Å². The van der Waals surface area contributed by atoms with Crippen LogP contribution < -0.4 is 0 Å². The Labute approximate surface area is 127 Å². The molecule has 0 unspecified atom stereocenters. The van der Waals surface area contributed by atoms with Gasteiger partial charge in [-0.1, -0.05) is 44.2 Å². The highest BCUT2D eigenvalue weighted by Gasteiger charge is 2.33. The first-order valence-corrected chi connectivity index (χ1v) is 6.83. The number of rotatable bonds is 5. The number of nitro groups is 1. The van der Waals surface area contributed by atoms with Crippen LogP contribution in [0.3, 0.4) is 0 Å². The molecule has 1 aromatic heterocycles. The van der Waals surface area contributed by atoms with Gasteiger partial charge in [0, 0.05) is 5.92 Å². The van der Waals surface area contributed by atoms with Crippen LogP contribution in [0.25, 0.3) is 0 Å². The van der Waals surface area contributed by atoms with Crippen LogP contribution in [-0.2, 0) is 11.3 Å². The third-order valence-corrected chi connectivity index (χ3v) is 3.25. The second-order valence-electron chi connectivity index (χ2n) is 5.13. The Morgan fingerprint density at radius 3 is 2.50 bits per heavy atom. The molecule has 7 nitrogen and oxygen atoms in total. The van der Waals surface area contributed by atoms with Gasteiger partial charge in [-0.25, -0.2) is 4.79 Å². The summed E-state index contributed by atoms with van der Waals surface area (Å²) in [6.45, 7) is 4.01. The van der Waals surface area contributed by atoms with Gasteiger partial charge in [-0.2, -0.15) is 5.10 Å². The zero-order valence-electron chi connectivity index (χ0n) is 12.6. The van der Waals surface area contributed by atoms with Crippen LogP contribution >= 0.6 is 0 Å². The average Bonchev–Trinajstić information content (AvgIpc) is 2.87. The fourth-order valence-corrected chi connectivity index (χ4v) is 2.33. The summed E-state index contributed by atoms with van der Waals surface area (Å²) in [4.78, 5) is 22.6. The molecule has 0 aliphatic rings. The van der Waals surface area contributed by atoms with E-state index in [9.17, 15) is 14.9 Å². The Kier molecular flexibility index (Phi) is 4.55. The summed E-state index contributed by atoms with van der Waals surface area (Å²) in [7, 11) is 1.18. The van der Waals surface area contributed by atoms with Crippen molar-refractivity contribution in [1.82, 2.24) is 9.78 Å². The monoisotopic (exact) mass is 303 g/mol. The van der Waals surface area contributed by atoms with Gasteiger partial charge in [0.15, 0.2) is 0 Å². The summed E-state index contributed by atoms with van der Waals surface area (Å²) in [5.74, 6) is -0.963. The quantitative estimate of drug-likeness (QED) is 0.481. The standard InChI is InChI=1S/C15H17N3O4/c1-10(2)13-14(18(20)21)12(15(19)22-3)16-17(13)9-11-7-5-4-6-8-11/h4-8,10H,9H2,1-3H3. The largest absolute Gasteiger partial charge is 0.464 e. The van der Waals surface area contributed by atoms with Gasteiger partial charge >= 0.3 is 11.7 Å². The Morgan fingerprint density at radius 1 is 1.36 bits per heavy atom. The van der Waals surface area contributed by atoms with Crippen molar-refractivity contribution < 1.29 is 14.5 Å². The fourth-order valence-electron chi connectivity index (χ4n) is 2.33. The molecule has 0 bridgehead atoms. The zero-order valence-corrected chi connectivity index (χ0v) is 12.6. The Hall–Kier alpha value is -2.70. The molecule has 0 saturated carbocycles. The SMILES string of the molecule is COC(=O)c1nn(Cc2ccccc2)c(C(C)C)c1[N+](=O)[O-]. The molecular weight excluding hydrogens is 286 g/mol. The average molecular weight is 303 g/mol. The predicted molar refractivity (Wildman–Crippen MR) is 79.9 cm³/mol. The summed E-state index contributed by atoms with van der Waals surface area (Å²) < 4.78 is 6.11. The minimum Gasteiger partial charge on any atom is -0.464 e. The first-order valence-electron chi connectivity index (χ1n) is 6.83. The van der Waals surface area contributed by atoms with E-state index in [-0.39, 0.29) is 17.3 Å². The van der Waals surface area contributed by atoms with E-state index in [1.165, 1.54) is 11.8 Å². The molecule has 116 valence electrons. The van der Waals surface area contributed by atoms with E-state index in [0.717, 1.165) is 5.56 Å².